The van der Waals surface area contributed by atoms with Crippen LogP contribution in [0.5, 0.6) is 0 Å². The monoisotopic (exact) mass is 380 g/mol. The first-order valence-electron chi connectivity index (χ1n) is 7.26. The van der Waals surface area contributed by atoms with Gasteiger partial charge in [-0.2, -0.15) is 0 Å². The van der Waals surface area contributed by atoms with Crippen LogP contribution in [0.15, 0.2) is 0 Å². The van der Waals surface area contributed by atoms with Gasteiger partial charge in [0.15, 0.2) is 0 Å². The molecular formula is C14H24N2O6S2. The van der Waals surface area contributed by atoms with Crippen LogP contribution in [0.1, 0.15) is 26.7 Å². The lowest BCUT2D eigenvalue weighted by atomic mass is 10.2. The van der Waals surface area contributed by atoms with Crippen molar-refractivity contribution in [2.24, 2.45) is 0 Å². The zero-order chi connectivity index (χ0) is 18.5. The van der Waals surface area contributed by atoms with Gasteiger partial charge >= 0.3 is 11.9 Å². The lowest BCUT2D eigenvalue weighted by Crippen LogP contribution is -2.40. The Hall–Kier alpha value is -1.42. The number of hydrogen-bond acceptors (Lipinski definition) is 8. The number of nitrogens with one attached hydrogen (secondary N) is 2. The molecule has 24 heavy (non-hydrogen) atoms. The average Bonchev–Trinajstić information content (AvgIpc) is 2.53. The van der Waals surface area contributed by atoms with Crippen LogP contribution in [0.25, 0.3) is 0 Å². The number of esters is 2. The van der Waals surface area contributed by atoms with Crippen LogP contribution < -0.4 is 10.6 Å². The Morgan fingerprint density at radius 3 is 1.38 bits per heavy atom. The van der Waals surface area contributed by atoms with Gasteiger partial charge in [0.25, 0.3) is 0 Å². The van der Waals surface area contributed by atoms with E-state index in [9.17, 15) is 19.2 Å². The van der Waals surface area contributed by atoms with E-state index in [1.165, 1.54) is 49.7 Å². The fourth-order valence-electron chi connectivity index (χ4n) is 1.72. The van der Waals surface area contributed by atoms with Crippen molar-refractivity contribution in [1.82, 2.24) is 10.6 Å². The molecule has 0 aromatic heterocycles. The fraction of sp³-hybridized carbons (Fsp3) is 0.714. The number of methoxy groups -OCH3 is 2. The molecule has 138 valence electrons. The fourth-order valence-corrected chi connectivity index (χ4v) is 3.91. The molecular weight excluding hydrogens is 356 g/mol. The normalized spacial score (nSPS) is 12.7. The van der Waals surface area contributed by atoms with E-state index in [1.54, 1.807) is 0 Å². The van der Waals surface area contributed by atoms with Crippen molar-refractivity contribution >= 4 is 45.3 Å². The third-order valence-electron chi connectivity index (χ3n) is 2.79. The van der Waals surface area contributed by atoms with Gasteiger partial charge in [-0.1, -0.05) is 21.6 Å². The van der Waals surface area contributed by atoms with Crippen molar-refractivity contribution in [3.63, 3.8) is 0 Å². The Kier molecular flexibility index (Phi) is 12.2. The maximum Gasteiger partial charge on any atom is 0.328 e. The molecule has 10 heteroatoms. The predicted molar refractivity (Wildman–Crippen MR) is 93.4 cm³/mol. The molecule has 0 heterocycles. The Morgan fingerprint density at radius 2 is 1.12 bits per heavy atom. The molecule has 0 spiro atoms. The minimum atomic E-state index is -0.664. The second-order valence-corrected chi connectivity index (χ2v) is 7.48. The van der Waals surface area contributed by atoms with E-state index >= 15 is 0 Å². The second-order valence-electron chi connectivity index (χ2n) is 4.77. The van der Waals surface area contributed by atoms with Crippen molar-refractivity contribution in [2.75, 3.05) is 25.7 Å². The quantitative estimate of drug-likeness (QED) is 0.303. The molecule has 2 amide bonds. The third-order valence-corrected chi connectivity index (χ3v) is 5.26. The Morgan fingerprint density at radius 1 is 0.792 bits per heavy atom. The first-order chi connectivity index (χ1) is 11.3. The summed E-state index contributed by atoms with van der Waals surface area (Å²) in [5, 5.41) is 5.08. The number of hydrogen-bond donors (Lipinski definition) is 2. The van der Waals surface area contributed by atoms with Gasteiger partial charge in [0.05, 0.1) is 14.2 Å². The SMILES string of the molecule is COC(=O)C(CCSSCC[C@H](NC(C)=O)C(=O)OC)NC(C)=O. The number of amides is 2. The minimum absolute atomic E-state index is 0.292. The third kappa shape index (κ3) is 10.4. The van der Waals surface area contributed by atoms with Crippen LogP contribution in [-0.2, 0) is 28.7 Å². The number of carbonyl (C=O) groups is 4. The summed E-state index contributed by atoms with van der Waals surface area (Å²) in [6, 6.07) is -1.33. The summed E-state index contributed by atoms with van der Waals surface area (Å²) in [5.74, 6) is -0.306. The molecule has 0 rings (SSSR count). The van der Waals surface area contributed by atoms with E-state index < -0.39 is 24.0 Å². The van der Waals surface area contributed by atoms with E-state index in [-0.39, 0.29) is 11.8 Å². The molecule has 0 aliphatic rings. The Balaban J connectivity index is 4.09. The van der Waals surface area contributed by atoms with Crippen molar-refractivity contribution in [1.29, 1.82) is 0 Å². The van der Waals surface area contributed by atoms with Gasteiger partial charge in [0.2, 0.25) is 11.8 Å². The molecule has 0 radical (unpaired) electrons. The maximum atomic E-state index is 11.5. The highest BCUT2D eigenvalue weighted by molar-refractivity contribution is 8.76. The first kappa shape index (κ1) is 22.6. The number of rotatable bonds is 11. The lowest BCUT2D eigenvalue weighted by molar-refractivity contribution is -0.145. The summed E-state index contributed by atoms with van der Waals surface area (Å²) >= 11 is 0. The molecule has 1 unspecified atom stereocenters. The molecule has 0 aromatic carbocycles. The molecule has 8 nitrogen and oxygen atoms in total. The summed E-state index contributed by atoms with van der Waals surface area (Å²) in [6.07, 6.45) is 0.881. The summed E-state index contributed by atoms with van der Waals surface area (Å²) in [7, 11) is 5.56. The molecule has 2 atom stereocenters. The highest BCUT2D eigenvalue weighted by Gasteiger charge is 2.21. The van der Waals surface area contributed by atoms with Gasteiger partial charge in [-0.15, -0.1) is 0 Å². The molecule has 2 N–H and O–H groups in total. The van der Waals surface area contributed by atoms with Crippen LogP contribution in [0.2, 0.25) is 0 Å². The standard InChI is InChI=1S/C14H24N2O6S2/c1-9(17)15-11(13(19)21-3)5-7-23-24-8-6-12(14(20)22-4)16-10(2)18/h11-12H,5-8H2,1-4H3,(H,15,17)(H,16,18)/t11-,12?/m0/s1. The van der Waals surface area contributed by atoms with Gasteiger partial charge < -0.3 is 20.1 Å². The van der Waals surface area contributed by atoms with Gasteiger partial charge in [-0.3, -0.25) is 9.59 Å². The van der Waals surface area contributed by atoms with Crippen LogP contribution in [0.3, 0.4) is 0 Å². The van der Waals surface area contributed by atoms with Crippen molar-refractivity contribution in [2.45, 2.75) is 38.8 Å². The summed E-state index contributed by atoms with van der Waals surface area (Å²) in [5.41, 5.74) is 0. The van der Waals surface area contributed by atoms with Crippen molar-refractivity contribution in [3.8, 4) is 0 Å². The molecule has 0 aliphatic carbocycles. The van der Waals surface area contributed by atoms with E-state index in [4.69, 9.17) is 0 Å². The molecule has 0 saturated carbocycles. The largest absolute Gasteiger partial charge is 0.467 e. The van der Waals surface area contributed by atoms with Crippen LogP contribution >= 0.6 is 21.6 Å². The van der Waals surface area contributed by atoms with Gasteiger partial charge in [0.1, 0.15) is 12.1 Å². The van der Waals surface area contributed by atoms with Gasteiger partial charge in [-0.05, 0) is 12.8 Å². The average molecular weight is 380 g/mol. The van der Waals surface area contributed by atoms with Crippen LogP contribution in [0.4, 0.5) is 0 Å². The summed E-state index contributed by atoms with van der Waals surface area (Å²) < 4.78 is 9.27. The summed E-state index contributed by atoms with van der Waals surface area (Å²) in [6.45, 7) is 2.68. The highest BCUT2D eigenvalue weighted by atomic mass is 33.1. The smallest absolute Gasteiger partial charge is 0.328 e. The van der Waals surface area contributed by atoms with E-state index in [0.29, 0.717) is 24.3 Å². The van der Waals surface area contributed by atoms with E-state index in [0.717, 1.165) is 0 Å². The number of carbonyl (C=O) groups excluding carboxylic acids is 4. The minimum Gasteiger partial charge on any atom is -0.467 e. The molecule has 0 aromatic rings. The van der Waals surface area contributed by atoms with E-state index in [2.05, 4.69) is 20.1 Å². The molecule has 0 aliphatic heterocycles. The maximum absolute atomic E-state index is 11.5. The van der Waals surface area contributed by atoms with E-state index in [1.807, 2.05) is 0 Å². The zero-order valence-electron chi connectivity index (χ0n) is 14.2. The number of ether oxygens (including phenoxy) is 2. The topological polar surface area (TPSA) is 111 Å². The second kappa shape index (κ2) is 12.9. The lowest BCUT2D eigenvalue weighted by Gasteiger charge is -2.16. The van der Waals surface area contributed by atoms with Crippen molar-refractivity contribution < 1.29 is 28.7 Å². The predicted octanol–water partition coefficient (Wildman–Crippen LogP) is 0.503. The van der Waals surface area contributed by atoms with Crippen molar-refractivity contribution in [3.05, 3.63) is 0 Å². The van der Waals surface area contributed by atoms with Crippen LogP contribution in [-0.4, -0.2) is 61.6 Å². The van der Waals surface area contributed by atoms with Crippen LogP contribution in [0, 0.1) is 0 Å². The van der Waals surface area contributed by atoms with Gasteiger partial charge in [-0.25, -0.2) is 9.59 Å². The molecule has 0 saturated heterocycles. The zero-order valence-corrected chi connectivity index (χ0v) is 15.9. The highest BCUT2D eigenvalue weighted by Crippen LogP contribution is 2.24. The summed E-state index contributed by atoms with van der Waals surface area (Å²) in [4.78, 5) is 45.2. The van der Waals surface area contributed by atoms with Gasteiger partial charge in [0, 0.05) is 25.4 Å². The Bertz CT molecular complexity index is 407. The molecule has 0 bridgehead atoms. The first-order valence-corrected chi connectivity index (χ1v) is 9.74. The molecule has 0 fully saturated rings. The Labute approximate surface area is 149 Å².